The van der Waals surface area contributed by atoms with Crippen LogP contribution in [0.1, 0.15) is 37.2 Å². The number of carbonyl (C=O) groups excluding carboxylic acids is 1. The lowest BCUT2D eigenvalue weighted by Crippen LogP contribution is -2.30. The maximum absolute atomic E-state index is 13.6. The maximum Gasteiger partial charge on any atom is 0.225 e. The number of tetrazole rings is 1. The lowest BCUT2D eigenvalue weighted by atomic mass is 10.1. The second-order valence-electron chi connectivity index (χ2n) is 4.82. The van der Waals surface area contributed by atoms with E-state index in [0.29, 0.717) is 17.8 Å². The van der Waals surface area contributed by atoms with Crippen molar-refractivity contribution in [2.24, 2.45) is 0 Å². The van der Waals surface area contributed by atoms with Crippen molar-refractivity contribution in [1.29, 1.82) is 0 Å². The number of nitrogens with zero attached hydrogens (tertiary/aromatic N) is 3. The molecule has 1 heterocycles. The van der Waals surface area contributed by atoms with Crippen molar-refractivity contribution in [3.63, 3.8) is 0 Å². The number of aromatic nitrogens is 4. The average molecular weight is 307 g/mol. The Morgan fingerprint density at radius 1 is 1.50 bits per heavy atom. The van der Waals surface area contributed by atoms with Gasteiger partial charge in [0.2, 0.25) is 5.91 Å². The van der Waals surface area contributed by atoms with Crippen LogP contribution in [0.25, 0.3) is 0 Å². The Hall–Kier alpha value is -2.51. The zero-order chi connectivity index (χ0) is 15.9. The summed E-state index contributed by atoms with van der Waals surface area (Å²) in [5.74, 6) is -0.125. The topological polar surface area (TPSA) is 92.8 Å². The molecule has 0 saturated heterocycles. The fourth-order valence-electron chi connectivity index (χ4n) is 2.12. The molecule has 1 atom stereocenters. The normalized spacial score (nSPS) is 12.0. The highest BCUT2D eigenvalue weighted by atomic mass is 19.1. The molecule has 22 heavy (non-hydrogen) atoms. The number of halogens is 1. The standard InChI is InChI=1S/C14H18FN5O2/c1-3-4-11(14-17-19-20-18-14)16-13(21)8-9-5-6-12(22-2)10(15)7-9/h5-7,11H,3-4,8H2,1-2H3,(H,16,21)(H,17,18,19,20)/t11-/m0/s1. The van der Waals surface area contributed by atoms with Crippen molar-refractivity contribution in [2.45, 2.75) is 32.2 Å². The zero-order valence-electron chi connectivity index (χ0n) is 12.5. The summed E-state index contributed by atoms with van der Waals surface area (Å²) in [5.41, 5.74) is 0.569. The predicted octanol–water partition coefficient (Wildman–Crippen LogP) is 1.55. The molecule has 7 nitrogen and oxygen atoms in total. The van der Waals surface area contributed by atoms with Gasteiger partial charge >= 0.3 is 0 Å². The van der Waals surface area contributed by atoms with Gasteiger partial charge in [-0.15, -0.1) is 10.2 Å². The summed E-state index contributed by atoms with van der Waals surface area (Å²) >= 11 is 0. The van der Waals surface area contributed by atoms with Crippen LogP contribution in [0.5, 0.6) is 5.75 Å². The molecule has 2 rings (SSSR count). The molecule has 1 aromatic carbocycles. The minimum atomic E-state index is -0.490. The number of rotatable bonds is 7. The molecule has 8 heteroatoms. The Morgan fingerprint density at radius 3 is 2.91 bits per heavy atom. The monoisotopic (exact) mass is 307 g/mol. The van der Waals surface area contributed by atoms with Crippen molar-refractivity contribution < 1.29 is 13.9 Å². The van der Waals surface area contributed by atoms with E-state index in [1.807, 2.05) is 6.92 Å². The van der Waals surface area contributed by atoms with Crippen molar-refractivity contribution >= 4 is 5.91 Å². The smallest absolute Gasteiger partial charge is 0.225 e. The number of nitrogens with one attached hydrogen (secondary N) is 2. The zero-order valence-corrected chi connectivity index (χ0v) is 12.5. The minimum absolute atomic E-state index is 0.0684. The fourth-order valence-corrected chi connectivity index (χ4v) is 2.12. The fraction of sp³-hybridized carbons (Fsp3) is 0.429. The second kappa shape index (κ2) is 7.48. The molecule has 0 aliphatic heterocycles. The van der Waals surface area contributed by atoms with Crippen LogP contribution >= 0.6 is 0 Å². The van der Waals surface area contributed by atoms with Gasteiger partial charge in [0.1, 0.15) is 0 Å². The van der Waals surface area contributed by atoms with E-state index in [1.165, 1.54) is 19.2 Å². The van der Waals surface area contributed by atoms with Gasteiger partial charge in [-0.05, 0) is 24.1 Å². The Labute approximate surface area is 127 Å². The van der Waals surface area contributed by atoms with Crippen LogP contribution in [-0.4, -0.2) is 33.6 Å². The van der Waals surface area contributed by atoms with Crippen LogP contribution < -0.4 is 10.1 Å². The van der Waals surface area contributed by atoms with E-state index >= 15 is 0 Å². The molecule has 0 unspecified atom stereocenters. The Balaban J connectivity index is 2.00. The van der Waals surface area contributed by atoms with E-state index in [1.54, 1.807) is 6.07 Å². The summed E-state index contributed by atoms with van der Waals surface area (Å²) in [6, 6.07) is 4.15. The highest BCUT2D eigenvalue weighted by Crippen LogP contribution is 2.18. The molecule has 1 amide bonds. The van der Waals surface area contributed by atoms with E-state index < -0.39 is 5.82 Å². The van der Waals surface area contributed by atoms with E-state index in [9.17, 15) is 9.18 Å². The van der Waals surface area contributed by atoms with Gasteiger partial charge in [-0.3, -0.25) is 4.79 Å². The summed E-state index contributed by atoms with van der Waals surface area (Å²) in [6.45, 7) is 2.00. The SMILES string of the molecule is CCC[C@H](NC(=O)Cc1ccc(OC)c(F)c1)c1nn[nH]n1. The van der Waals surface area contributed by atoms with Crippen LogP contribution in [0.2, 0.25) is 0 Å². The molecule has 0 saturated carbocycles. The van der Waals surface area contributed by atoms with Crippen LogP contribution in [0.4, 0.5) is 4.39 Å². The molecule has 0 radical (unpaired) electrons. The second-order valence-corrected chi connectivity index (χ2v) is 4.82. The Bertz CT molecular complexity index is 618. The van der Waals surface area contributed by atoms with Gasteiger partial charge in [0.25, 0.3) is 0 Å². The van der Waals surface area contributed by atoms with Crippen LogP contribution in [0.15, 0.2) is 18.2 Å². The first-order valence-corrected chi connectivity index (χ1v) is 6.99. The number of H-pyrrole nitrogens is 1. The number of benzene rings is 1. The van der Waals surface area contributed by atoms with E-state index in [-0.39, 0.29) is 24.1 Å². The van der Waals surface area contributed by atoms with Crippen molar-refractivity contribution in [2.75, 3.05) is 7.11 Å². The van der Waals surface area contributed by atoms with E-state index in [4.69, 9.17) is 4.74 Å². The molecule has 1 aromatic heterocycles. The quantitative estimate of drug-likeness (QED) is 0.809. The molecule has 0 bridgehead atoms. The molecule has 2 aromatic rings. The third-order valence-electron chi connectivity index (χ3n) is 3.17. The summed E-state index contributed by atoms with van der Waals surface area (Å²) in [5, 5.41) is 16.5. The van der Waals surface area contributed by atoms with Crippen molar-refractivity contribution in [1.82, 2.24) is 25.9 Å². The molecule has 118 valence electrons. The summed E-state index contributed by atoms with van der Waals surface area (Å²) in [4.78, 5) is 12.1. The number of amides is 1. The number of carbonyl (C=O) groups is 1. The molecular formula is C14H18FN5O2. The van der Waals surface area contributed by atoms with Crippen LogP contribution in [0, 0.1) is 5.82 Å². The number of hydrogen-bond donors (Lipinski definition) is 2. The highest BCUT2D eigenvalue weighted by molar-refractivity contribution is 5.79. The molecule has 0 aliphatic rings. The van der Waals surface area contributed by atoms with Gasteiger partial charge in [0.05, 0.1) is 19.6 Å². The highest BCUT2D eigenvalue weighted by Gasteiger charge is 2.18. The third-order valence-corrected chi connectivity index (χ3v) is 3.17. The summed E-state index contributed by atoms with van der Waals surface area (Å²) < 4.78 is 18.5. The molecule has 0 spiro atoms. The average Bonchev–Trinajstić information content (AvgIpc) is 3.01. The lowest BCUT2D eigenvalue weighted by Gasteiger charge is -2.14. The van der Waals surface area contributed by atoms with Gasteiger partial charge in [-0.2, -0.15) is 5.21 Å². The number of hydrogen-bond acceptors (Lipinski definition) is 5. The molecule has 2 N–H and O–H groups in total. The van der Waals surface area contributed by atoms with E-state index in [0.717, 1.165) is 6.42 Å². The maximum atomic E-state index is 13.6. The van der Waals surface area contributed by atoms with Gasteiger partial charge in [-0.25, -0.2) is 4.39 Å². The predicted molar refractivity (Wildman–Crippen MR) is 76.6 cm³/mol. The first-order valence-electron chi connectivity index (χ1n) is 6.99. The Morgan fingerprint density at radius 2 is 2.32 bits per heavy atom. The van der Waals surface area contributed by atoms with Crippen LogP contribution in [-0.2, 0) is 11.2 Å². The number of methoxy groups -OCH3 is 1. The largest absolute Gasteiger partial charge is 0.494 e. The first-order chi connectivity index (χ1) is 10.6. The number of aromatic amines is 1. The molecule has 0 fully saturated rings. The Kier molecular flexibility index (Phi) is 5.40. The number of ether oxygens (including phenoxy) is 1. The first kappa shape index (κ1) is 15.9. The van der Waals surface area contributed by atoms with Gasteiger partial charge in [-0.1, -0.05) is 24.6 Å². The van der Waals surface area contributed by atoms with Gasteiger partial charge in [0, 0.05) is 0 Å². The molecular weight excluding hydrogens is 289 g/mol. The third kappa shape index (κ3) is 4.00. The van der Waals surface area contributed by atoms with Crippen molar-refractivity contribution in [3.8, 4) is 5.75 Å². The summed E-state index contributed by atoms with van der Waals surface area (Å²) in [6.07, 6.45) is 1.62. The molecule has 0 aliphatic carbocycles. The lowest BCUT2D eigenvalue weighted by molar-refractivity contribution is -0.121. The summed E-state index contributed by atoms with van der Waals surface area (Å²) in [7, 11) is 1.39. The minimum Gasteiger partial charge on any atom is -0.494 e. The van der Waals surface area contributed by atoms with E-state index in [2.05, 4.69) is 25.9 Å². The van der Waals surface area contributed by atoms with Crippen LogP contribution in [0.3, 0.4) is 0 Å². The van der Waals surface area contributed by atoms with Crippen molar-refractivity contribution in [3.05, 3.63) is 35.4 Å². The van der Waals surface area contributed by atoms with Gasteiger partial charge < -0.3 is 10.1 Å². The van der Waals surface area contributed by atoms with Gasteiger partial charge in [0.15, 0.2) is 17.4 Å².